The normalized spacial score (nSPS) is 17.9. The Morgan fingerprint density at radius 1 is 1.23 bits per heavy atom. The van der Waals surface area contributed by atoms with Crippen molar-refractivity contribution in [3.05, 3.63) is 23.8 Å². The first-order chi connectivity index (χ1) is 10.7. The van der Waals surface area contributed by atoms with Crippen LogP contribution in [0.25, 0.3) is 0 Å². The van der Waals surface area contributed by atoms with Gasteiger partial charge in [-0.15, -0.1) is 0 Å². The number of ether oxygens (including phenoxy) is 1. The standard InChI is InChI=1S/C19H32N2O/c1-3-12-22-19-11-10-16(14-18(19)20)13-15(2)21-17-8-6-4-5-7-9-17/h10-11,14-15,17,21H,3-9,12-13,20H2,1-2H3. The van der Waals surface area contributed by atoms with Crippen LogP contribution in [0.1, 0.15) is 64.4 Å². The van der Waals surface area contributed by atoms with Gasteiger partial charge in [0.1, 0.15) is 5.75 Å². The van der Waals surface area contributed by atoms with Crippen molar-refractivity contribution in [2.24, 2.45) is 0 Å². The van der Waals surface area contributed by atoms with Gasteiger partial charge < -0.3 is 15.8 Å². The Morgan fingerprint density at radius 2 is 1.95 bits per heavy atom. The minimum atomic E-state index is 0.491. The SMILES string of the molecule is CCCOc1ccc(CC(C)NC2CCCCCC2)cc1N. The van der Waals surface area contributed by atoms with Gasteiger partial charge in [-0.2, -0.15) is 0 Å². The van der Waals surface area contributed by atoms with Crippen molar-refractivity contribution in [2.45, 2.75) is 77.3 Å². The molecule has 3 nitrogen and oxygen atoms in total. The van der Waals surface area contributed by atoms with Gasteiger partial charge in [0, 0.05) is 12.1 Å². The molecule has 0 bridgehead atoms. The molecule has 0 saturated heterocycles. The number of benzene rings is 1. The van der Waals surface area contributed by atoms with Gasteiger partial charge in [-0.05, 0) is 50.3 Å². The van der Waals surface area contributed by atoms with E-state index in [-0.39, 0.29) is 0 Å². The minimum Gasteiger partial charge on any atom is -0.491 e. The maximum Gasteiger partial charge on any atom is 0.142 e. The summed E-state index contributed by atoms with van der Waals surface area (Å²) in [6, 6.07) is 7.41. The van der Waals surface area contributed by atoms with Gasteiger partial charge in [-0.25, -0.2) is 0 Å². The molecule has 1 atom stereocenters. The van der Waals surface area contributed by atoms with E-state index in [9.17, 15) is 0 Å². The monoisotopic (exact) mass is 304 g/mol. The quantitative estimate of drug-likeness (QED) is 0.583. The average Bonchev–Trinajstić information content (AvgIpc) is 2.75. The van der Waals surface area contributed by atoms with E-state index in [0.29, 0.717) is 12.1 Å². The molecule has 0 aromatic heterocycles. The fourth-order valence-corrected chi connectivity index (χ4v) is 3.33. The third kappa shape index (κ3) is 5.53. The number of nitrogens with two attached hydrogens (primary N) is 1. The molecular weight excluding hydrogens is 272 g/mol. The summed E-state index contributed by atoms with van der Waals surface area (Å²) in [6.45, 7) is 5.11. The second kappa shape index (κ2) is 9.04. The summed E-state index contributed by atoms with van der Waals surface area (Å²) in [4.78, 5) is 0. The lowest BCUT2D eigenvalue weighted by molar-refractivity contribution is 0.319. The van der Waals surface area contributed by atoms with Crippen LogP contribution in [-0.2, 0) is 6.42 Å². The first-order valence-electron chi connectivity index (χ1n) is 8.96. The highest BCUT2D eigenvalue weighted by molar-refractivity contribution is 5.54. The van der Waals surface area contributed by atoms with Crippen molar-refractivity contribution in [3.8, 4) is 5.75 Å². The first kappa shape index (κ1) is 17.1. The fourth-order valence-electron chi connectivity index (χ4n) is 3.33. The average molecular weight is 304 g/mol. The predicted molar refractivity (Wildman–Crippen MR) is 94.4 cm³/mol. The second-order valence-electron chi connectivity index (χ2n) is 6.68. The third-order valence-corrected chi connectivity index (χ3v) is 4.45. The van der Waals surface area contributed by atoms with Crippen LogP contribution >= 0.6 is 0 Å². The van der Waals surface area contributed by atoms with E-state index in [2.05, 4.69) is 31.3 Å². The smallest absolute Gasteiger partial charge is 0.142 e. The van der Waals surface area contributed by atoms with Crippen LogP contribution < -0.4 is 15.8 Å². The maximum absolute atomic E-state index is 6.10. The highest BCUT2D eigenvalue weighted by atomic mass is 16.5. The van der Waals surface area contributed by atoms with E-state index in [4.69, 9.17) is 10.5 Å². The summed E-state index contributed by atoms with van der Waals surface area (Å²) in [6.07, 6.45) is 10.2. The number of hydrogen-bond acceptors (Lipinski definition) is 3. The van der Waals surface area contributed by atoms with Gasteiger partial charge in [0.15, 0.2) is 0 Å². The molecule has 1 aromatic carbocycles. The molecule has 1 unspecified atom stereocenters. The summed E-state index contributed by atoms with van der Waals surface area (Å²) < 4.78 is 5.64. The van der Waals surface area contributed by atoms with Gasteiger partial charge in [0.25, 0.3) is 0 Å². The van der Waals surface area contributed by atoms with Crippen molar-refractivity contribution < 1.29 is 4.74 Å². The summed E-state index contributed by atoms with van der Waals surface area (Å²) in [5.74, 6) is 0.815. The molecule has 3 N–H and O–H groups in total. The van der Waals surface area contributed by atoms with Gasteiger partial charge in [0.05, 0.1) is 12.3 Å². The Morgan fingerprint density at radius 3 is 2.59 bits per heavy atom. The van der Waals surface area contributed by atoms with Crippen molar-refractivity contribution in [3.63, 3.8) is 0 Å². The molecule has 1 aliphatic carbocycles. The lowest BCUT2D eigenvalue weighted by Crippen LogP contribution is -2.37. The van der Waals surface area contributed by atoms with E-state index in [0.717, 1.165) is 30.9 Å². The summed E-state index contributed by atoms with van der Waals surface area (Å²) in [5, 5.41) is 3.80. The van der Waals surface area contributed by atoms with Crippen molar-refractivity contribution in [2.75, 3.05) is 12.3 Å². The Balaban J connectivity index is 1.85. The molecule has 1 aliphatic rings. The molecular formula is C19H32N2O. The van der Waals surface area contributed by atoms with E-state index >= 15 is 0 Å². The molecule has 0 aliphatic heterocycles. The minimum absolute atomic E-state index is 0.491. The molecule has 0 amide bonds. The van der Waals surface area contributed by atoms with Crippen LogP contribution in [0.15, 0.2) is 18.2 Å². The molecule has 2 rings (SSSR count). The second-order valence-corrected chi connectivity index (χ2v) is 6.68. The Hall–Kier alpha value is -1.22. The van der Waals surface area contributed by atoms with Gasteiger partial charge in [-0.1, -0.05) is 38.7 Å². The van der Waals surface area contributed by atoms with Gasteiger partial charge >= 0.3 is 0 Å². The Kier molecular flexibility index (Phi) is 7.04. The Labute approximate surface area is 135 Å². The van der Waals surface area contributed by atoms with Crippen molar-refractivity contribution >= 4 is 5.69 Å². The van der Waals surface area contributed by atoms with Crippen LogP contribution in [-0.4, -0.2) is 18.7 Å². The molecule has 1 fully saturated rings. The largest absolute Gasteiger partial charge is 0.491 e. The molecule has 1 aromatic rings. The molecule has 124 valence electrons. The van der Waals surface area contributed by atoms with Crippen LogP contribution in [0.5, 0.6) is 5.75 Å². The van der Waals surface area contributed by atoms with E-state index in [1.165, 1.54) is 44.1 Å². The van der Waals surface area contributed by atoms with Crippen LogP contribution in [0.4, 0.5) is 5.69 Å². The lowest BCUT2D eigenvalue weighted by atomic mass is 10.0. The number of hydrogen-bond donors (Lipinski definition) is 2. The number of rotatable bonds is 7. The van der Waals surface area contributed by atoms with Crippen LogP contribution in [0, 0.1) is 0 Å². The molecule has 3 heteroatoms. The zero-order valence-electron chi connectivity index (χ0n) is 14.2. The zero-order chi connectivity index (χ0) is 15.8. The van der Waals surface area contributed by atoms with E-state index in [1.807, 2.05) is 6.07 Å². The maximum atomic E-state index is 6.10. The first-order valence-corrected chi connectivity index (χ1v) is 8.96. The highest BCUT2D eigenvalue weighted by Gasteiger charge is 2.15. The van der Waals surface area contributed by atoms with Gasteiger partial charge in [-0.3, -0.25) is 0 Å². The highest BCUT2D eigenvalue weighted by Crippen LogP contribution is 2.24. The molecule has 22 heavy (non-hydrogen) atoms. The van der Waals surface area contributed by atoms with E-state index < -0.39 is 0 Å². The van der Waals surface area contributed by atoms with Gasteiger partial charge in [0.2, 0.25) is 0 Å². The van der Waals surface area contributed by atoms with Crippen LogP contribution in [0.2, 0.25) is 0 Å². The molecule has 0 spiro atoms. The molecule has 1 saturated carbocycles. The summed E-state index contributed by atoms with van der Waals surface area (Å²) >= 11 is 0. The van der Waals surface area contributed by atoms with Crippen molar-refractivity contribution in [1.82, 2.24) is 5.32 Å². The molecule has 0 radical (unpaired) electrons. The molecule has 0 heterocycles. The Bertz CT molecular complexity index is 439. The number of nitrogens with one attached hydrogen (secondary N) is 1. The summed E-state index contributed by atoms with van der Waals surface area (Å²) in [7, 11) is 0. The topological polar surface area (TPSA) is 47.3 Å². The summed E-state index contributed by atoms with van der Waals surface area (Å²) in [5.41, 5.74) is 8.14. The fraction of sp³-hybridized carbons (Fsp3) is 0.684. The van der Waals surface area contributed by atoms with Crippen LogP contribution in [0.3, 0.4) is 0 Å². The van der Waals surface area contributed by atoms with E-state index in [1.54, 1.807) is 0 Å². The van der Waals surface area contributed by atoms with Crippen molar-refractivity contribution in [1.29, 1.82) is 0 Å². The zero-order valence-corrected chi connectivity index (χ0v) is 14.2. The predicted octanol–water partition coefficient (Wildman–Crippen LogP) is 4.30. The lowest BCUT2D eigenvalue weighted by Gasteiger charge is -2.22. The third-order valence-electron chi connectivity index (χ3n) is 4.45. The number of nitrogen functional groups attached to an aromatic ring is 1. The number of anilines is 1.